The van der Waals surface area contributed by atoms with Crippen LogP contribution in [0.3, 0.4) is 0 Å². The molecule has 1 amide bonds. The Hall–Kier alpha value is -2.88. The summed E-state index contributed by atoms with van der Waals surface area (Å²) in [5.74, 6) is -0.0342. The van der Waals surface area contributed by atoms with Crippen LogP contribution < -0.4 is 5.32 Å². The van der Waals surface area contributed by atoms with E-state index >= 15 is 0 Å². The van der Waals surface area contributed by atoms with E-state index in [4.69, 9.17) is 0 Å². The van der Waals surface area contributed by atoms with Crippen LogP contribution in [0.25, 0.3) is 5.69 Å². The molecular formula is C20H21N3O. The van der Waals surface area contributed by atoms with Gasteiger partial charge in [0.2, 0.25) is 0 Å². The summed E-state index contributed by atoms with van der Waals surface area (Å²) in [6, 6.07) is 17.7. The maximum atomic E-state index is 12.1. The first-order chi connectivity index (χ1) is 11.8. The molecule has 0 saturated carbocycles. The maximum absolute atomic E-state index is 12.1. The standard InChI is InChI=1S/C20H21N3O/c1-2-16-8-10-18(11-9-16)20(24)21-13-12-17-14-22-23(15-17)19-6-4-3-5-7-19/h3-11,14-15H,2,12-13H2,1H3,(H,21,24). The summed E-state index contributed by atoms with van der Waals surface area (Å²) in [6.07, 6.45) is 5.58. The SMILES string of the molecule is CCc1ccc(C(=O)NCCc2cnn(-c3ccccc3)c2)cc1. The van der Waals surface area contributed by atoms with E-state index in [-0.39, 0.29) is 5.91 Å². The van der Waals surface area contributed by atoms with Gasteiger partial charge in [-0.3, -0.25) is 4.79 Å². The largest absolute Gasteiger partial charge is 0.352 e. The Labute approximate surface area is 142 Å². The number of carbonyl (C=O) groups is 1. The summed E-state index contributed by atoms with van der Waals surface area (Å²) in [4.78, 5) is 12.1. The molecule has 4 heteroatoms. The van der Waals surface area contributed by atoms with E-state index in [1.54, 1.807) is 0 Å². The number of hydrogen-bond acceptors (Lipinski definition) is 2. The molecule has 0 bridgehead atoms. The Morgan fingerprint density at radius 2 is 1.79 bits per heavy atom. The van der Waals surface area contributed by atoms with Gasteiger partial charge in [-0.25, -0.2) is 4.68 Å². The van der Waals surface area contributed by atoms with E-state index in [1.165, 1.54) is 5.56 Å². The summed E-state index contributed by atoms with van der Waals surface area (Å²) in [7, 11) is 0. The molecule has 0 radical (unpaired) electrons. The van der Waals surface area contributed by atoms with E-state index in [0.717, 1.165) is 24.1 Å². The molecule has 0 spiro atoms. The van der Waals surface area contributed by atoms with Crippen molar-refractivity contribution in [1.82, 2.24) is 15.1 Å². The fourth-order valence-electron chi connectivity index (χ4n) is 2.53. The smallest absolute Gasteiger partial charge is 0.251 e. The van der Waals surface area contributed by atoms with Gasteiger partial charge >= 0.3 is 0 Å². The van der Waals surface area contributed by atoms with Crippen molar-refractivity contribution in [2.75, 3.05) is 6.54 Å². The summed E-state index contributed by atoms with van der Waals surface area (Å²) in [5.41, 5.74) is 4.07. The minimum Gasteiger partial charge on any atom is -0.352 e. The van der Waals surface area contributed by atoms with E-state index in [0.29, 0.717) is 12.1 Å². The third kappa shape index (κ3) is 3.90. The van der Waals surface area contributed by atoms with Crippen LogP contribution in [0, 0.1) is 0 Å². The van der Waals surface area contributed by atoms with Crippen molar-refractivity contribution in [2.45, 2.75) is 19.8 Å². The highest BCUT2D eigenvalue weighted by Crippen LogP contribution is 2.08. The summed E-state index contributed by atoms with van der Waals surface area (Å²) in [5, 5.41) is 7.32. The number of aromatic nitrogens is 2. The van der Waals surface area contributed by atoms with Crippen molar-refractivity contribution in [3.05, 3.63) is 83.7 Å². The van der Waals surface area contributed by atoms with Crippen LogP contribution in [0.5, 0.6) is 0 Å². The topological polar surface area (TPSA) is 46.9 Å². The van der Waals surface area contributed by atoms with Crippen molar-refractivity contribution >= 4 is 5.91 Å². The molecule has 1 N–H and O–H groups in total. The van der Waals surface area contributed by atoms with Crippen LogP contribution in [-0.4, -0.2) is 22.2 Å². The van der Waals surface area contributed by atoms with Crippen LogP contribution >= 0.6 is 0 Å². The number of benzene rings is 2. The van der Waals surface area contributed by atoms with Gasteiger partial charge in [-0.2, -0.15) is 5.10 Å². The molecule has 4 nitrogen and oxygen atoms in total. The second-order valence-corrected chi connectivity index (χ2v) is 5.69. The second-order valence-electron chi connectivity index (χ2n) is 5.69. The maximum Gasteiger partial charge on any atom is 0.251 e. The highest BCUT2D eigenvalue weighted by molar-refractivity contribution is 5.94. The van der Waals surface area contributed by atoms with Crippen LogP contribution in [0.1, 0.15) is 28.4 Å². The molecule has 24 heavy (non-hydrogen) atoms. The molecule has 0 atom stereocenters. The zero-order valence-corrected chi connectivity index (χ0v) is 13.8. The number of carbonyl (C=O) groups excluding carboxylic acids is 1. The van der Waals surface area contributed by atoms with Crippen LogP contribution in [0.2, 0.25) is 0 Å². The Bertz CT molecular complexity index is 791. The van der Waals surface area contributed by atoms with Crippen molar-refractivity contribution in [2.24, 2.45) is 0 Å². The van der Waals surface area contributed by atoms with Gasteiger partial charge in [-0.05, 0) is 48.2 Å². The van der Waals surface area contributed by atoms with Gasteiger partial charge in [0.05, 0.1) is 11.9 Å². The van der Waals surface area contributed by atoms with Gasteiger partial charge in [0.1, 0.15) is 0 Å². The van der Waals surface area contributed by atoms with Gasteiger partial charge in [-0.1, -0.05) is 37.3 Å². The van der Waals surface area contributed by atoms with Gasteiger partial charge < -0.3 is 5.32 Å². The first-order valence-corrected chi connectivity index (χ1v) is 8.22. The third-order valence-electron chi connectivity index (χ3n) is 3.98. The number of amides is 1. The fraction of sp³-hybridized carbons (Fsp3) is 0.200. The normalized spacial score (nSPS) is 10.5. The molecule has 2 aromatic carbocycles. The quantitative estimate of drug-likeness (QED) is 0.757. The molecular weight excluding hydrogens is 298 g/mol. The first-order valence-electron chi connectivity index (χ1n) is 8.22. The van der Waals surface area contributed by atoms with E-state index < -0.39 is 0 Å². The summed E-state index contributed by atoms with van der Waals surface area (Å²) >= 11 is 0. The molecule has 0 aliphatic carbocycles. The Morgan fingerprint density at radius 1 is 1.04 bits per heavy atom. The first kappa shape index (κ1) is 16.0. The lowest BCUT2D eigenvalue weighted by molar-refractivity contribution is 0.0954. The molecule has 0 aliphatic heterocycles. The minimum atomic E-state index is -0.0342. The number of para-hydroxylation sites is 1. The zero-order chi connectivity index (χ0) is 16.8. The van der Waals surface area contributed by atoms with Crippen molar-refractivity contribution in [1.29, 1.82) is 0 Å². The van der Waals surface area contributed by atoms with E-state index in [1.807, 2.05) is 71.7 Å². The monoisotopic (exact) mass is 319 g/mol. The van der Waals surface area contributed by atoms with Crippen LogP contribution in [0.4, 0.5) is 0 Å². The second kappa shape index (κ2) is 7.59. The predicted octanol–water partition coefficient (Wildman–Crippen LogP) is 3.41. The highest BCUT2D eigenvalue weighted by Gasteiger charge is 2.05. The molecule has 1 aromatic heterocycles. The average Bonchev–Trinajstić information content (AvgIpc) is 3.11. The molecule has 3 aromatic rings. The lowest BCUT2D eigenvalue weighted by Gasteiger charge is -2.05. The molecule has 0 fully saturated rings. The molecule has 3 rings (SSSR count). The number of hydrogen-bond donors (Lipinski definition) is 1. The molecule has 122 valence electrons. The Kier molecular flexibility index (Phi) is 5.06. The third-order valence-corrected chi connectivity index (χ3v) is 3.98. The minimum absolute atomic E-state index is 0.0342. The Morgan fingerprint density at radius 3 is 2.50 bits per heavy atom. The van der Waals surface area contributed by atoms with Crippen LogP contribution in [-0.2, 0) is 12.8 Å². The lowest BCUT2D eigenvalue weighted by Crippen LogP contribution is -2.25. The van der Waals surface area contributed by atoms with E-state index in [9.17, 15) is 4.79 Å². The number of nitrogens with zero attached hydrogens (tertiary/aromatic N) is 2. The molecule has 0 aliphatic rings. The van der Waals surface area contributed by atoms with Gasteiger partial charge in [-0.15, -0.1) is 0 Å². The summed E-state index contributed by atoms with van der Waals surface area (Å²) in [6.45, 7) is 2.69. The van der Waals surface area contributed by atoms with Gasteiger partial charge in [0.25, 0.3) is 5.91 Å². The number of nitrogens with one attached hydrogen (secondary N) is 1. The summed E-state index contributed by atoms with van der Waals surface area (Å²) < 4.78 is 1.85. The van der Waals surface area contributed by atoms with Crippen LogP contribution in [0.15, 0.2) is 67.0 Å². The van der Waals surface area contributed by atoms with Gasteiger partial charge in [0.15, 0.2) is 0 Å². The number of rotatable bonds is 6. The highest BCUT2D eigenvalue weighted by atomic mass is 16.1. The van der Waals surface area contributed by atoms with E-state index in [2.05, 4.69) is 17.3 Å². The number of aryl methyl sites for hydroxylation is 1. The zero-order valence-electron chi connectivity index (χ0n) is 13.8. The molecule has 0 saturated heterocycles. The van der Waals surface area contributed by atoms with Gasteiger partial charge in [0, 0.05) is 18.3 Å². The fourth-order valence-corrected chi connectivity index (χ4v) is 2.53. The lowest BCUT2D eigenvalue weighted by atomic mass is 10.1. The molecule has 0 unspecified atom stereocenters. The predicted molar refractivity (Wildman–Crippen MR) is 95.4 cm³/mol. The van der Waals surface area contributed by atoms with Crippen molar-refractivity contribution in [3.63, 3.8) is 0 Å². The average molecular weight is 319 g/mol. The molecule has 1 heterocycles. The van der Waals surface area contributed by atoms with Crippen molar-refractivity contribution < 1.29 is 4.79 Å². The Balaban J connectivity index is 1.53. The van der Waals surface area contributed by atoms with Crippen molar-refractivity contribution in [3.8, 4) is 5.69 Å².